The zero-order valence-electron chi connectivity index (χ0n) is 9.81. The van der Waals surface area contributed by atoms with Crippen LogP contribution >= 0.6 is 34.5 Å². The molecule has 1 atom stereocenters. The number of carboxylic acid groups (broad SMARTS) is 1. The molecule has 0 radical (unpaired) electrons. The Hall–Kier alpha value is -1.01. The van der Waals surface area contributed by atoms with Crippen LogP contribution in [0.5, 0.6) is 5.75 Å². The van der Waals surface area contributed by atoms with Crippen LogP contribution in [-0.2, 0) is 4.79 Å². The van der Waals surface area contributed by atoms with Crippen molar-refractivity contribution in [3.05, 3.63) is 27.1 Å². The maximum atomic E-state index is 10.5. The zero-order chi connectivity index (χ0) is 14.2. The number of carboxylic acids is 1. The molecular weight excluding hydrogens is 311 g/mol. The third kappa shape index (κ3) is 2.95. The fourth-order valence-electron chi connectivity index (χ4n) is 1.57. The molecule has 0 bridgehead atoms. The number of hydrogen-bond donors (Lipinski definition) is 2. The van der Waals surface area contributed by atoms with Crippen LogP contribution in [-0.4, -0.2) is 22.8 Å². The summed E-state index contributed by atoms with van der Waals surface area (Å²) in [4.78, 5) is 11.2. The van der Waals surface area contributed by atoms with Gasteiger partial charge in [0.05, 0.1) is 15.8 Å². The van der Waals surface area contributed by atoms with Gasteiger partial charge in [0.25, 0.3) is 0 Å². The second-order valence-corrected chi connectivity index (χ2v) is 5.77. The summed E-state index contributed by atoms with van der Waals surface area (Å²) in [5.41, 5.74) is 0. The van der Waals surface area contributed by atoms with Gasteiger partial charge in [0.1, 0.15) is 10.8 Å². The number of aliphatic hydroxyl groups is 1. The molecule has 1 aromatic carbocycles. The highest BCUT2D eigenvalue weighted by molar-refractivity contribution is 7.19. The lowest BCUT2D eigenvalue weighted by Gasteiger charge is -2.07. The van der Waals surface area contributed by atoms with Gasteiger partial charge in [-0.25, -0.2) is 4.79 Å². The average Bonchev–Trinajstić information content (AvgIpc) is 2.76. The van der Waals surface area contributed by atoms with E-state index in [9.17, 15) is 9.90 Å². The molecule has 0 amide bonds. The lowest BCUT2D eigenvalue weighted by atomic mass is 10.2. The van der Waals surface area contributed by atoms with Crippen molar-refractivity contribution in [1.29, 1.82) is 0 Å². The fourth-order valence-corrected chi connectivity index (χ4v) is 3.16. The molecule has 1 aromatic heterocycles. The van der Waals surface area contributed by atoms with E-state index in [1.165, 1.54) is 11.3 Å². The number of rotatable bonds is 4. The Kier molecular flexibility index (Phi) is 4.20. The molecule has 0 fully saturated rings. The van der Waals surface area contributed by atoms with Gasteiger partial charge in [-0.3, -0.25) is 0 Å². The van der Waals surface area contributed by atoms with E-state index >= 15 is 0 Å². The number of halogens is 2. The van der Waals surface area contributed by atoms with Crippen molar-refractivity contribution in [2.45, 2.75) is 13.0 Å². The molecule has 0 saturated carbocycles. The maximum Gasteiger partial charge on any atom is 0.341 e. The van der Waals surface area contributed by atoms with Crippen LogP contribution in [0, 0.1) is 0 Å². The van der Waals surface area contributed by atoms with Gasteiger partial charge in [0.15, 0.2) is 6.61 Å². The number of ether oxygens (including phenoxy) is 1. The van der Waals surface area contributed by atoms with E-state index < -0.39 is 18.7 Å². The number of fused-ring (bicyclic) bond motifs is 1. The molecule has 102 valence electrons. The molecule has 2 aromatic rings. The molecule has 4 nitrogen and oxygen atoms in total. The summed E-state index contributed by atoms with van der Waals surface area (Å²) in [6, 6.07) is 3.40. The van der Waals surface area contributed by atoms with Crippen molar-refractivity contribution < 1.29 is 19.7 Å². The van der Waals surface area contributed by atoms with E-state index in [1.807, 2.05) is 0 Å². The van der Waals surface area contributed by atoms with Crippen molar-refractivity contribution in [2.75, 3.05) is 6.61 Å². The highest BCUT2D eigenvalue weighted by Gasteiger charge is 2.16. The molecular formula is C12H10Cl2O4S. The Morgan fingerprint density at radius 3 is 2.68 bits per heavy atom. The highest BCUT2D eigenvalue weighted by atomic mass is 35.5. The fraction of sp³-hybridized carbons (Fsp3) is 0.250. The van der Waals surface area contributed by atoms with E-state index in [0.29, 0.717) is 5.02 Å². The molecule has 2 N–H and O–H groups in total. The average molecular weight is 321 g/mol. The smallest absolute Gasteiger partial charge is 0.341 e. The van der Waals surface area contributed by atoms with Crippen molar-refractivity contribution >= 4 is 50.6 Å². The van der Waals surface area contributed by atoms with Gasteiger partial charge < -0.3 is 14.9 Å². The Morgan fingerprint density at radius 1 is 1.42 bits per heavy atom. The lowest BCUT2D eigenvalue weighted by molar-refractivity contribution is -0.139. The summed E-state index contributed by atoms with van der Waals surface area (Å²) < 4.78 is 5.82. The molecule has 2 rings (SSSR count). The standard InChI is InChI=1S/C12H10Cl2O4S/c1-5(15)8-3-6-2-7(18-4-9(16)17)10(13)11(14)12(6)19-8/h2-3,5,15H,4H2,1H3,(H,16,17). The molecule has 7 heteroatoms. The first-order chi connectivity index (χ1) is 8.90. The van der Waals surface area contributed by atoms with Gasteiger partial charge in [0.2, 0.25) is 0 Å². The van der Waals surface area contributed by atoms with Crippen LogP contribution in [0.15, 0.2) is 12.1 Å². The number of hydrogen-bond acceptors (Lipinski definition) is 4. The Labute approximate surface area is 123 Å². The van der Waals surface area contributed by atoms with Gasteiger partial charge in [-0.05, 0) is 24.4 Å². The summed E-state index contributed by atoms with van der Waals surface area (Å²) >= 11 is 13.5. The second-order valence-electron chi connectivity index (χ2n) is 3.93. The maximum absolute atomic E-state index is 10.5. The first-order valence-electron chi connectivity index (χ1n) is 5.34. The molecule has 0 aliphatic carbocycles. The number of aliphatic carboxylic acids is 1. The zero-order valence-corrected chi connectivity index (χ0v) is 12.1. The van der Waals surface area contributed by atoms with E-state index in [2.05, 4.69) is 0 Å². The summed E-state index contributed by atoms with van der Waals surface area (Å²) in [6.07, 6.45) is -0.601. The number of benzene rings is 1. The van der Waals surface area contributed by atoms with Crippen LogP contribution < -0.4 is 4.74 Å². The third-order valence-corrected chi connectivity index (χ3v) is 4.74. The molecule has 0 aliphatic rings. The summed E-state index contributed by atoms with van der Waals surface area (Å²) in [7, 11) is 0. The predicted octanol–water partition coefficient (Wildman–Crippen LogP) is 3.72. The number of carbonyl (C=O) groups is 1. The van der Waals surface area contributed by atoms with Crippen LogP contribution in [0.3, 0.4) is 0 Å². The number of aliphatic hydroxyl groups excluding tert-OH is 1. The molecule has 0 saturated heterocycles. The molecule has 1 unspecified atom stereocenters. The second kappa shape index (κ2) is 5.54. The third-order valence-electron chi connectivity index (χ3n) is 2.44. The van der Waals surface area contributed by atoms with Gasteiger partial charge >= 0.3 is 5.97 Å². The van der Waals surface area contributed by atoms with Gasteiger partial charge in [0, 0.05) is 4.88 Å². The van der Waals surface area contributed by atoms with E-state index in [-0.39, 0.29) is 10.8 Å². The topological polar surface area (TPSA) is 66.8 Å². The van der Waals surface area contributed by atoms with Crippen molar-refractivity contribution in [3.8, 4) is 5.75 Å². The summed E-state index contributed by atoms with van der Waals surface area (Å²) in [5, 5.41) is 19.4. The lowest BCUT2D eigenvalue weighted by Crippen LogP contribution is -2.09. The molecule has 0 spiro atoms. The Balaban J connectivity index is 2.49. The molecule has 19 heavy (non-hydrogen) atoms. The monoisotopic (exact) mass is 320 g/mol. The quantitative estimate of drug-likeness (QED) is 0.900. The molecule has 0 aliphatic heterocycles. The van der Waals surface area contributed by atoms with Gasteiger partial charge in [-0.1, -0.05) is 23.2 Å². The first-order valence-corrected chi connectivity index (χ1v) is 6.91. The Morgan fingerprint density at radius 2 is 2.11 bits per heavy atom. The minimum Gasteiger partial charge on any atom is -0.480 e. The van der Waals surface area contributed by atoms with Crippen LogP contribution in [0.2, 0.25) is 10.0 Å². The SMILES string of the molecule is CC(O)c1cc2cc(OCC(=O)O)c(Cl)c(Cl)c2s1. The van der Waals surface area contributed by atoms with E-state index in [4.69, 9.17) is 33.0 Å². The molecule has 1 heterocycles. The summed E-state index contributed by atoms with van der Waals surface area (Å²) in [5.74, 6) is -0.876. The van der Waals surface area contributed by atoms with Crippen LogP contribution in [0.4, 0.5) is 0 Å². The first kappa shape index (κ1) is 14.4. The van der Waals surface area contributed by atoms with Gasteiger partial charge in [-0.2, -0.15) is 0 Å². The number of thiophene rings is 1. The van der Waals surface area contributed by atoms with Crippen molar-refractivity contribution in [1.82, 2.24) is 0 Å². The van der Waals surface area contributed by atoms with Crippen molar-refractivity contribution in [3.63, 3.8) is 0 Å². The van der Waals surface area contributed by atoms with E-state index in [1.54, 1.807) is 19.1 Å². The van der Waals surface area contributed by atoms with Crippen molar-refractivity contribution in [2.24, 2.45) is 0 Å². The van der Waals surface area contributed by atoms with E-state index in [0.717, 1.165) is 15.0 Å². The summed E-state index contributed by atoms with van der Waals surface area (Å²) in [6.45, 7) is 1.16. The largest absolute Gasteiger partial charge is 0.480 e. The highest BCUT2D eigenvalue weighted by Crippen LogP contribution is 2.43. The predicted molar refractivity (Wildman–Crippen MR) is 75.6 cm³/mol. The minimum atomic E-state index is -1.10. The Bertz CT molecular complexity index is 636. The minimum absolute atomic E-state index is 0.175. The van der Waals surface area contributed by atoms with Crippen LogP contribution in [0.25, 0.3) is 10.1 Å². The normalized spacial score (nSPS) is 12.6. The van der Waals surface area contributed by atoms with Crippen LogP contribution in [0.1, 0.15) is 17.9 Å². The van der Waals surface area contributed by atoms with Gasteiger partial charge in [-0.15, -0.1) is 11.3 Å².